The summed E-state index contributed by atoms with van der Waals surface area (Å²) in [5, 5.41) is 0. The van der Waals surface area contributed by atoms with E-state index in [0.29, 0.717) is 54.3 Å². The lowest BCUT2D eigenvalue weighted by atomic mass is 10.1. The van der Waals surface area contributed by atoms with Crippen molar-refractivity contribution in [1.29, 1.82) is 0 Å². The van der Waals surface area contributed by atoms with E-state index in [1.54, 1.807) is 36.4 Å². The number of aryl methyl sites for hydroxylation is 1. The van der Waals surface area contributed by atoms with Gasteiger partial charge in [0.15, 0.2) is 22.9 Å². The zero-order chi connectivity index (χ0) is 20.9. The van der Waals surface area contributed by atoms with Crippen molar-refractivity contribution in [3.05, 3.63) is 58.6 Å². The zero-order valence-corrected chi connectivity index (χ0v) is 16.3. The Kier molecular flexibility index (Phi) is 5.83. The van der Waals surface area contributed by atoms with Gasteiger partial charge in [-0.05, 0) is 36.8 Å². The van der Waals surface area contributed by atoms with Gasteiger partial charge in [-0.15, -0.1) is 0 Å². The molecular formula is C22H21NO7. The van der Waals surface area contributed by atoms with E-state index >= 15 is 0 Å². The summed E-state index contributed by atoms with van der Waals surface area (Å²) in [6.07, 6.45) is 0.497. The van der Waals surface area contributed by atoms with Crippen LogP contribution < -0.4 is 15.2 Å². The predicted molar refractivity (Wildman–Crippen MR) is 107 cm³/mol. The third-order valence-electron chi connectivity index (χ3n) is 4.78. The first-order valence-corrected chi connectivity index (χ1v) is 9.78. The fraction of sp³-hybridized carbons (Fsp3) is 0.318. The average molecular weight is 411 g/mol. The number of ether oxygens (including phenoxy) is 3. The summed E-state index contributed by atoms with van der Waals surface area (Å²) in [4.78, 5) is 36.2. The number of benzene rings is 2. The van der Waals surface area contributed by atoms with Gasteiger partial charge in [0.25, 0.3) is 0 Å². The molecule has 0 spiro atoms. The number of Topliss-reactive ketones (excluding diaryl/α,β-unsaturated/α-hetero) is 1. The lowest BCUT2D eigenvalue weighted by molar-refractivity contribution is -0.143. The molecule has 0 N–H and O–H groups in total. The molecule has 0 atom stereocenters. The van der Waals surface area contributed by atoms with Crippen LogP contribution >= 0.6 is 0 Å². The summed E-state index contributed by atoms with van der Waals surface area (Å²) in [7, 11) is 0. The van der Waals surface area contributed by atoms with Crippen LogP contribution in [-0.2, 0) is 16.1 Å². The van der Waals surface area contributed by atoms with E-state index in [0.717, 1.165) is 0 Å². The molecule has 0 radical (unpaired) electrons. The quantitative estimate of drug-likeness (QED) is 0.319. The standard InChI is InChI=1S/C22H21NO7/c24-17(15-6-8-19-20(14-15)28-13-12-27-19)7-9-21(25)29-11-3-10-23-16-4-1-2-5-18(16)30-22(23)26/h1-2,4-6,8,14H,3,7,9-13H2. The molecule has 0 saturated heterocycles. The van der Waals surface area contributed by atoms with E-state index in [1.807, 2.05) is 6.07 Å². The normalized spacial score (nSPS) is 12.7. The number of esters is 1. The molecule has 0 unspecified atom stereocenters. The average Bonchev–Trinajstić information content (AvgIpc) is 3.09. The fourth-order valence-electron chi connectivity index (χ4n) is 3.28. The number of hydrogen-bond acceptors (Lipinski definition) is 7. The van der Waals surface area contributed by atoms with Gasteiger partial charge in [-0.25, -0.2) is 4.79 Å². The van der Waals surface area contributed by atoms with Crippen molar-refractivity contribution >= 4 is 22.9 Å². The molecule has 1 aliphatic rings. The molecule has 8 heteroatoms. The molecule has 0 amide bonds. The monoisotopic (exact) mass is 411 g/mol. The Balaban J connectivity index is 1.22. The Morgan fingerprint density at radius 1 is 1.00 bits per heavy atom. The summed E-state index contributed by atoms with van der Waals surface area (Å²) < 4.78 is 22.8. The topological polar surface area (TPSA) is 97.0 Å². The van der Waals surface area contributed by atoms with Crippen molar-refractivity contribution < 1.29 is 28.2 Å². The maximum Gasteiger partial charge on any atom is 0.419 e. The minimum Gasteiger partial charge on any atom is -0.486 e. The van der Waals surface area contributed by atoms with Gasteiger partial charge < -0.3 is 18.6 Å². The molecule has 1 aromatic heterocycles. The van der Waals surface area contributed by atoms with Crippen LogP contribution in [0.1, 0.15) is 29.6 Å². The van der Waals surface area contributed by atoms with E-state index in [2.05, 4.69) is 0 Å². The molecule has 3 aromatic rings. The number of carbonyl (C=O) groups excluding carboxylic acids is 2. The first-order chi connectivity index (χ1) is 14.6. The Morgan fingerprint density at radius 3 is 2.67 bits per heavy atom. The lowest BCUT2D eigenvalue weighted by Crippen LogP contribution is -2.17. The molecule has 0 saturated carbocycles. The van der Waals surface area contributed by atoms with Gasteiger partial charge in [0, 0.05) is 18.5 Å². The van der Waals surface area contributed by atoms with E-state index in [-0.39, 0.29) is 25.2 Å². The van der Waals surface area contributed by atoms with Crippen LogP contribution in [0.5, 0.6) is 11.5 Å². The van der Waals surface area contributed by atoms with E-state index < -0.39 is 11.7 Å². The number of oxazole rings is 1. The minimum absolute atomic E-state index is 0.0120. The van der Waals surface area contributed by atoms with Gasteiger partial charge in [-0.1, -0.05) is 12.1 Å². The largest absolute Gasteiger partial charge is 0.486 e. The Hall–Kier alpha value is -3.55. The lowest BCUT2D eigenvalue weighted by Gasteiger charge is -2.18. The maximum atomic E-state index is 12.3. The van der Waals surface area contributed by atoms with Crippen LogP contribution in [0.2, 0.25) is 0 Å². The summed E-state index contributed by atoms with van der Waals surface area (Å²) in [6.45, 7) is 1.46. The molecule has 4 rings (SSSR count). The molecule has 2 aromatic carbocycles. The number of ketones is 1. The Labute approximate surface area is 171 Å². The third-order valence-corrected chi connectivity index (χ3v) is 4.78. The Bertz CT molecular complexity index is 1130. The SMILES string of the molecule is O=C(CCC(=O)c1ccc2c(c1)OCCO2)OCCCn1c(=O)oc2ccccc21. The molecule has 0 aliphatic carbocycles. The van der Waals surface area contributed by atoms with Crippen LogP contribution in [0, 0.1) is 0 Å². The molecule has 2 heterocycles. The van der Waals surface area contributed by atoms with Crippen molar-refractivity contribution in [2.75, 3.05) is 19.8 Å². The molecule has 156 valence electrons. The van der Waals surface area contributed by atoms with Gasteiger partial charge >= 0.3 is 11.7 Å². The van der Waals surface area contributed by atoms with Crippen LogP contribution in [0.25, 0.3) is 11.1 Å². The molecule has 30 heavy (non-hydrogen) atoms. The zero-order valence-electron chi connectivity index (χ0n) is 16.3. The molecule has 1 aliphatic heterocycles. The Morgan fingerprint density at radius 2 is 1.80 bits per heavy atom. The minimum atomic E-state index is -0.453. The van der Waals surface area contributed by atoms with Gasteiger partial charge in [-0.2, -0.15) is 0 Å². The fourth-order valence-corrected chi connectivity index (χ4v) is 3.28. The molecule has 0 fully saturated rings. The number of fused-ring (bicyclic) bond motifs is 2. The summed E-state index contributed by atoms with van der Waals surface area (Å²) in [5.41, 5.74) is 1.70. The molecule has 8 nitrogen and oxygen atoms in total. The van der Waals surface area contributed by atoms with Crippen molar-refractivity contribution in [3.63, 3.8) is 0 Å². The first-order valence-electron chi connectivity index (χ1n) is 9.78. The van der Waals surface area contributed by atoms with Gasteiger partial charge in [-0.3, -0.25) is 14.2 Å². The van der Waals surface area contributed by atoms with Gasteiger partial charge in [0.1, 0.15) is 13.2 Å². The summed E-state index contributed by atoms with van der Waals surface area (Å²) in [5.74, 6) is 0.0941. The van der Waals surface area contributed by atoms with E-state index in [9.17, 15) is 14.4 Å². The highest BCUT2D eigenvalue weighted by Gasteiger charge is 2.16. The van der Waals surface area contributed by atoms with Crippen molar-refractivity contribution in [2.24, 2.45) is 0 Å². The van der Waals surface area contributed by atoms with Crippen molar-refractivity contribution in [2.45, 2.75) is 25.8 Å². The summed E-state index contributed by atoms with van der Waals surface area (Å²) in [6, 6.07) is 12.1. The first kappa shape index (κ1) is 19.8. The number of aromatic nitrogens is 1. The number of hydrogen-bond donors (Lipinski definition) is 0. The van der Waals surface area contributed by atoms with Crippen molar-refractivity contribution in [1.82, 2.24) is 4.57 Å². The summed E-state index contributed by atoms with van der Waals surface area (Å²) >= 11 is 0. The smallest absolute Gasteiger partial charge is 0.419 e. The van der Waals surface area contributed by atoms with Crippen LogP contribution in [-0.4, -0.2) is 36.1 Å². The number of carbonyl (C=O) groups is 2. The number of para-hydroxylation sites is 2. The third kappa shape index (κ3) is 4.37. The highest BCUT2D eigenvalue weighted by molar-refractivity contribution is 5.98. The van der Waals surface area contributed by atoms with Crippen LogP contribution in [0.4, 0.5) is 0 Å². The second-order valence-electron chi connectivity index (χ2n) is 6.84. The van der Waals surface area contributed by atoms with E-state index in [1.165, 1.54) is 4.57 Å². The van der Waals surface area contributed by atoms with E-state index in [4.69, 9.17) is 18.6 Å². The number of nitrogens with zero attached hydrogens (tertiary/aromatic N) is 1. The highest BCUT2D eigenvalue weighted by Crippen LogP contribution is 2.31. The maximum absolute atomic E-state index is 12.3. The van der Waals surface area contributed by atoms with Gasteiger partial charge in [0.05, 0.1) is 18.5 Å². The highest BCUT2D eigenvalue weighted by atomic mass is 16.6. The molecule has 0 bridgehead atoms. The molecular weight excluding hydrogens is 390 g/mol. The second kappa shape index (κ2) is 8.86. The van der Waals surface area contributed by atoms with Crippen LogP contribution in [0.15, 0.2) is 51.7 Å². The van der Waals surface area contributed by atoms with Gasteiger partial charge in [0.2, 0.25) is 0 Å². The van der Waals surface area contributed by atoms with Crippen LogP contribution in [0.3, 0.4) is 0 Å². The van der Waals surface area contributed by atoms with Crippen molar-refractivity contribution in [3.8, 4) is 11.5 Å². The predicted octanol–water partition coefficient (Wildman–Crippen LogP) is 2.96. The second-order valence-corrected chi connectivity index (χ2v) is 6.84. The number of rotatable bonds is 8.